The number of nitrogens with zero attached hydrogens (tertiary/aromatic N) is 2. The van der Waals surface area contributed by atoms with Crippen molar-refractivity contribution >= 4 is 11.6 Å². The van der Waals surface area contributed by atoms with Crippen LogP contribution in [0.2, 0.25) is 5.02 Å². The van der Waals surface area contributed by atoms with Crippen LogP contribution in [-0.2, 0) is 6.18 Å². The van der Waals surface area contributed by atoms with Crippen LogP contribution in [0.1, 0.15) is 5.56 Å². The number of H-pyrrole nitrogens is 1. The standard InChI is InChI=1S/C9H5ClF3N3/c10-7-2-1-5(8-4-14-16-15-8)3-6(7)9(11,12)13/h1-4H,(H,14,15,16). The molecule has 1 heterocycles. The number of alkyl halides is 3. The highest BCUT2D eigenvalue weighted by molar-refractivity contribution is 6.31. The Labute approximate surface area is 93.2 Å². The molecule has 0 saturated heterocycles. The molecular weight excluding hydrogens is 243 g/mol. The summed E-state index contributed by atoms with van der Waals surface area (Å²) in [5, 5.41) is 9.14. The van der Waals surface area contributed by atoms with E-state index in [1.807, 2.05) is 0 Å². The molecule has 1 N–H and O–H groups in total. The maximum absolute atomic E-state index is 12.5. The van der Waals surface area contributed by atoms with E-state index < -0.39 is 11.7 Å². The summed E-state index contributed by atoms with van der Waals surface area (Å²) in [4.78, 5) is 0. The minimum absolute atomic E-state index is 0.311. The molecule has 0 aliphatic heterocycles. The Kier molecular flexibility index (Phi) is 2.59. The largest absolute Gasteiger partial charge is 0.417 e. The van der Waals surface area contributed by atoms with Gasteiger partial charge in [0.15, 0.2) is 0 Å². The summed E-state index contributed by atoms with van der Waals surface area (Å²) >= 11 is 5.48. The van der Waals surface area contributed by atoms with Gasteiger partial charge in [-0.05, 0) is 12.1 Å². The van der Waals surface area contributed by atoms with Crippen LogP contribution < -0.4 is 0 Å². The fourth-order valence-electron chi connectivity index (χ4n) is 1.24. The molecule has 0 spiro atoms. The van der Waals surface area contributed by atoms with E-state index in [-0.39, 0.29) is 5.02 Å². The van der Waals surface area contributed by atoms with Crippen molar-refractivity contribution in [1.29, 1.82) is 0 Å². The van der Waals surface area contributed by atoms with Gasteiger partial charge in [0.05, 0.1) is 10.6 Å². The van der Waals surface area contributed by atoms with Gasteiger partial charge in [-0.1, -0.05) is 22.9 Å². The minimum atomic E-state index is -4.48. The molecule has 0 unspecified atom stereocenters. The Morgan fingerprint density at radius 3 is 2.56 bits per heavy atom. The summed E-state index contributed by atoms with van der Waals surface area (Å²) in [7, 11) is 0. The molecule has 3 nitrogen and oxygen atoms in total. The first-order valence-electron chi connectivity index (χ1n) is 4.22. The molecule has 1 aromatic carbocycles. The van der Waals surface area contributed by atoms with Crippen molar-refractivity contribution in [2.75, 3.05) is 0 Å². The number of halogens is 4. The molecule has 16 heavy (non-hydrogen) atoms. The fraction of sp³-hybridized carbons (Fsp3) is 0.111. The molecule has 0 bridgehead atoms. The zero-order chi connectivity index (χ0) is 11.8. The Hall–Kier alpha value is -1.56. The number of benzene rings is 1. The second-order valence-electron chi connectivity index (χ2n) is 3.05. The average molecular weight is 248 g/mol. The molecule has 0 fully saturated rings. The number of hydrogen-bond acceptors (Lipinski definition) is 2. The summed E-state index contributed by atoms with van der Waals surface area (Å²) < 4.78 is 37.6. The van der Waals surface area contributed by atoms with Crippen molar-refractivity contribution in [3.05, 3.63) is 35.0 Å². The predicted molar refractivity (Wildman–Crippen MR) is 51.8 cm³/mol. The van der Waals surface area contributed by atoms with Crippen LogP contribution in [0.3, 0.4) is 0 Å². The second-order valence-corrected chi connectivity index (χ2v) is 3.46. The van der Waals surface area contributed by atoms with Gasteiger partial charge in [-0.3, -0.25) is 5.10 Å². The lowest BCUT2D eigenvalue weighted by atomic mass is 10.1. The van der Waals surface area contributed by atoms with Crippen molar-refractivity contribution in [3.63, 3.8) is 0 Å². The molecule has 0 aliphatic carbocycles. The van der Waals surface area contributed by atoms with E-state index in [1.54, 1.807) is 0 Å². The Morgan fingerprint density at radius 1 is 1.25 bits per heavy atom. The van der Waals surface area contributed by atoms with Crippen LogP contribution in [0.15, 0.2) is 24.4 Å². The zero-order valence-corrected chi connectivity index (χ0v) is 8.47. The maximum atomic E-state index is 12.5. The van der Waals surface area contributed by atoms with Crippen LogP contribution in [0, 0.1) is 0 Å². The van der Waals surface area contributed by atoms with Crippen molar-refractivity contribution < 1.29 is 13.2 Å². The summed E-state index contributed by atoms with van der Waals surface area (Å²) in [5.41, 5.74) is -0.234. The van der Waals surface area contributed by atoms with Gasteiger partial charge in [-0.2, -0.15) is 13.2 Å². The Morgan fingerprint density at radius 2 is 2.00 bits per heavy atom. The number of rotatable bonds is 1. The molecule has 0 saturated carbocycles. The lowest BCUT2D eigenvalue weighted by molar-refractivity contribution is -0.137. The van der Waals surface area contributed by atoms with Gasteiger partial charge >= 0.3 is 6.18 Å². The van der Waals surface area contributed by atoms with Crippen molar-refractivity contribution in [2.45, 2.75) is 6.18 Å². The van der Waals surface area contributed by atoms with E-state index in [9.17, 15) is 13.2 Å². The molecule has 0 atom stereocenters. The summed E-state index contributed by atoms with van der Waals surface area (Å²) in [6.07, 6.45) is -3.07. The molecule has 0 radical (unpaired) electrons. The average Bonchev–Trinajstić information content (AvgIpc) is 2.69. The molecule has 7 heteroatoms. The molecular formula is C9H5ClF3N3. The Balaban J connectivity index is 2.52. The molecule has 2 rings (SSSR count). The first-order valence-corrected chi connectivity index (χ1v) is 4.60. The lowest BCUT2D eigenvalue weighted by Gasteiger charge is -2.09. The number of hydrogen-bond donors (Lipinski definition) is 1. The fourth-order valence-corrected chi connectivity index (χ4v) is 1.47. The van der Waals surface area contributed by atoms with Crippen molar-refractivity contribution in [1.82, 2.24) is 15.4 Å². The van der Waals surface area contributed by atoms with E-state index in [2.05, 4.69) is 15.4 Å². The predicted octanol–water partition coefficient (Wildman–Crippen LogP) is 3.14. The minimum Gasteiger partial charge on any atom is -0.265 e. The van der Waals surface area contributed by atoms with Gasteiger partial charge in [0, 0.05) is 11.8 Å². The van der Waals surface area contributed by atoms with E-state index in [0.717, 1.165) is 6.07 Å². The van der Waals surface area contributed by atoms with Gasteiger partial charge in [0.2, 0.25) is 0 Å². The first-order chi connectivity index (χ1) is 7.48. The summed E-state index contributed by atoms with van der Waals surface area (Å²) in [6, 6.07) is 3.59. The lowest BCUT2D eigenvalue weighted by Crippen LogP contribution is -2.05. The molecule has 1 aromatic heterocycles. The molecule has 2 aromatic rings. The quantitative estimate of drug-likeness (QED) is 0.841. The first kappa shape index (κ1) is 10.9. The topological polar surface area (TPSA) is 41.6 Å². The number of nitrogens with one attached hydrogen (secondary N) is 1. The number of aromatic amines is 1. The normalized spacial score (nSPS) is 11.8. The highest BCUT2D eigenvalue weighted by Gasteiger charge is 2.33. The van der Waals surface area contributed by atoms with Gasteiger partial charge in [-0.15, -0.1) is 5.10 Å². The monoisotopic (exact) mass is 247 g/mol. The van der Waals surface area contributed by atoms with Crippen LogP contribution in [-0.4, -0.2) is 15.4 Å². The third-order valence-corrected chi connectivity index (χ3v) is 2.31. The van der Waals surface area contributed by atoms with Crippen LogP contribution in [0.25, 0.3) is 11.3 Å². The van der Waals surface area contributed by atoms with Gasteiger partial charge in [0.25, 0.3) is 0 Å². The van der Waals surface area contributed by atoms with E-state index in [0.29, 0.717) is 11.3 Å². The highest BCUT2D eigenvalue weighted by atomic mass is 35.5. The third-order valence-electron chi connectivity index (χ3n) is 1.98. The summed E-state index contributed by atoms with van der Waals surface area (Å²) in [6.45, 7) is 0. The zero-order valence-electron chi connectivity index (χ0n) is 7.72. The van der Waals surface area contributed by atoms with Crippen molar-refractivity contribution in [2.24, 2.45) is 0 Å². The molecule has 0 aliphatic rings. The smallest absolute Gasteiger partial charge is 0.265 e. The van der Waals surface area contributed by atoms with Crippen LogP contribution >= 0.6 is 11.6 Å². The summed E-state index contributed by atoms with van der Waals surface area (Å²) in [5.74, 6) is 0. The van der Waals surface area contributed by atoms with Gasteiger partial charge in [-0.25, -0.2) is 0 Å². The highest BCUT2D eigenvalue weighted by Crippen LogP contribution is 2.36. The SMILES string of the molecule is FC(F)(F)c1cc(-c2c[nH]nn2)ccc1Cl. The van der Waals surface area contributed by atoms with Crippen molar-refractivity contribution in [3.8, 4) is 11.3 Å². The maximum Gasteiger partial charge on any atom is 0.417 e. The van der Waals surface area contributed by atoms with E-state index >= 15 is 0 Å². The molecule has 0 amide bonds. The number of aromatic nitrogens is 3. The Bertz CT molecular complexity index is 493. The van der Waals surface area contributed by atoms with Gasteiger partial charge < -0.3 is 0 Å². The second kappa shape index (κ2) is 3.79. The van der Waals surface area contributed by atoms with E-state index in [1.165, 1.54) is 18.3 Å². The molecule has 84 valence electrons. The van der Waals surface area contributed by atoms with E-state index in [4.69, 9.17) is 11.6 Å². The van der Waals surface area contributed by atoms with Crippen LogP contribution in [0.5, 0.6) is 0 Å². The van der Waals surface area contributed by atoms with Crippen LogP contribution in [0.4, 0.5) is 13.2 Å². The third kappa shape index (κ3) is 2.01. The van der Waals surface area contributed by atoms with Gasteiger partial charge in [0.1, 0.15) is 5.69 Å².